The second-order valence-electron chi connectivity index (χ2n) is 6.42. The molecule has 9 heteroatoms. The Morgan fingerprint density at radius 2 is 1.79 bits per heavy atom. The average Bonchev–Trinajstić information content (AvgIpc) is 2.95. The van der Waals surface area contributed by atoms with Gasteiger partial charge in [-0.25, -0.2) is 9.78 Å². The summed E-state index contributed by atoms with van der Waals surface area (Å²) in [6.45, 7) is 1.39. The lowest BCUT2D eigenvalue weighted by Crippen LogP contribution is -2.12. The Morgan fingerprint density at radius 3 is 2.52 bits per heavy atom. The Bertz CT molecular complexity index is 1240. The van der Waals surface area contributed by atoms with Crippen molar-refractivity contribution >= 4 is 57.3 Å². The van der Waals surface area contributed by atoms with Gasteiger partial charge in [-0.1, -0.05) is 12.1 Å². The molecular formula is C20H14N4O5. The Balaban J connectivity index is 1.87. The number of aromatic carboxylic acids is 1. The van der Waals surface area contributed by atoms with Gasteiger partial charge in [0.2, 0.25) is 5.91 Å². The van der Waals surface area contributed by atoms with Gasteiger partial charge < -0.3 is 21.1 Å². The molecule has 1 aliphatic heterocycles. The van der Waals surface area contributed by atoms with Gasteiger partial charge in [0, 0.05) is 29.1 Å². The fourth-order valence-corrected chi connectivity index (χ4v) is 3.15. The number of hydrogen-bond acceptors (Lipinski definition) is 6. The first-order chi connectivity index (χ1) is 13.8. The summed E-state index contributed by atoms with van der Waals surface area (Å²) in [6.07, 6.45) is 0. The summed E-state index contributed by atoms with van der Waals surface area (Å²) in [7, 11) is 0. The predicted octanol–water partition coefficient (Wildman–Crippen LogP) is 2.77. The van der Waals surface area contributed by atoms with E-state index in [1.807, 2.05) is 0 Å². The molecular weight excluding hydrogens is 376 g/mol. The van der Waals surface area contributed by atoms with E-state index in [1.54, 1.807) is 24.3 Å². The molecule has 0 aliphatic carbocycles. The van der Waals surface area contributed by atoms with Crippen LogP contribution < -0.4 is 16.0 Å². The number of fused-ring (bicyclic) bond motifs is 3. The highest BCUT2D eigenvalue weighted by molar-refractivity contribution is 6.53. The number of carbonyl (C=O) groups excluding carboxylic acids is 3. The summed E-state index contributed by atoms with van der Waals surface area (Å²) >= 11 is 0. The zero-order valence-electron chi connectivity index (χ0n) is 15.1. The highest BCUT2D eigenvalue weighted by Crippen LogP contribution is 2.35. The van der Waals surface area contributed by atoms with Crippen LogP contribution in [0.5, 0.6) is 0 Å². The first kappa shape index (κ1) is 18.1. The molecule has 1 aliphatic rings. The van der Waals surface area contributed by atoms with Gasteiger partial charge in [0.05, 0.1) is 11.1 Å². The Morgan fingerprint density at radius 1 is 1.03 bits per heavy atom. The third kappa shape index (κ3) is 3.25. The Kier molecular flexibility index (Phi) is 4.19. The number of nitrogens with one attached hydrogen (secondary N) is 3. The molecule has 1 aromatic heterocycles. The smallest absolute Gasteiger partial charge is 0.335 e. The largest absolute Gasteiger partial charge is 0.478 e. The third-order valence-corrected chi connectivity index (χ3v) is 4.36. The maximum atomic E-state index is 12.2. The average molecular weight is 390 g/mol. The minimum Gasteiger partial charge on any atom is -0.478 e. The topological polar surface area (TPSA) is 137 Å². The number of amides is 2. The molecule has 29 heavy (non-hydrogen) atoms. The second kappa shape index (κ2) is 6.71. The van der Waals surface area contributed by atoms with E-state index in [0.29, 0.717) is 22.1 Å². The molecule has 2 aromatic carbocycles. The number of benzene rings is 2. The standard InChI is InChI=1S/C20H14N4O5/c1-9(25)21-11-3-2-4-12(8-11)22-17-14-7-10(20(28)29)5-6-13(14)15-16(26)19(27)24-18(15)23-17/h2-8H,1H3,(H,21,25)(H,28,29)(H2,22,23,24,26,27). The quantitative estimate of drug-likeness (QED) is 0.503. The van der Waals surface area contributed by atoms with Gasteiger partial charge in [-0.3, -0.25) is 14.4 Å². The maximum Gasteiger partial charge on any atom is 0.335 e. The van der Waals surface area contributed by atoms with Crippen molar-refractivity contribution in [2.45, 2.75) is 6.92 Å². The molecule has 2 amide bonds. The Hall–Kier alpha value is -4.27. The zero-order valence-corrected chi connectivity index (χ0v) is 15.1. The third-order valence-electron chi connectivity index (χ3n) is 4.36. The molecule has 144 valence electrons. The number of Topliss-reactive ketones (excluding diaryl/α,β-unsaturated/α-hetero) is 1. The van der Waals surface area contributed by atoms with Crippen molar-refractivity contribution in [2.75, 3.05) is 16.0 Å². The summed E-state index contributed by atoms with van der Waals surface area (Å²) in [5.74, 6) is -2.50. The molecule has 0 saturated carbocycles. The number of hydrogen-bond donors (Lipinski definition) is 4. The monoisotopic (exact) mass is 390 g/mol. The Labute approximate surface area is 163 Å². The van der Waals surface area contributed by atoms with Crippen LogP contribution in [-0.2, 0) is 9.59 Å². The van der Waals surface area contributed by atoms with Crippen LogP contribution in [0.25, 0.3) is 10.8 Å². The summed E-state index contributed by atoms with van der Waals surface area (Å²) in [4.78, 5) is 51.0. The number of carboxylic acid groups (broad SMARTS) is 1. The highest BCUT2D eigenvalue weighted by atomic mass is 16.4. The molecule has 3 aromatic rings. The van der Waals surface area contributed by atoms with Crippen LogP contribution >= 0.6 is 0 Å². The highest BCUT2D eigenvalue weighted by Gasteiger charge is 2.32. The maximum absolute atomic E-state index is 12.2. The minimum atomic E-state index is -1.13. The van der Waals surface area contributed by atoms with Crippen LogP contribution in [0.2, 0.25) is 0 Å². The van der Waals surface area contributed by atoms with Gasteiger partial charge in [0.15, 0.2) is 0 Å². The van der Waals surface area contributed by atoms with E-state index in [4.69, 9.17) is 0 Å². The van der Waals surface area contributed by atoms with Crippen molar-refractivity contribution in [1.82, 2.24) is 4.98 Å². The molecule has 4 N–H and O–H groups in total. The number of pyridine rings is 1. The van der Waals surface area contributed by atoms with Gasteiger partial charge in [0.25, 0.3) is 11.7 Å². The molecule has 0 saturated heterocycles. The van der Waals surface area contributed by atoms with Gasteiger partial charge in [-0.2, -0.15) is 0 Å². The number of nitrogens with zero attached hydrogens (tertiary/aromatic N) is 1. The van der Waals surface area contributed by atoms with Crippen molar-refractivity contribution in [3.05, 3.63) is 53.6 Å². The lowest BCUT2D eigenvalue weighted by Gasteiger charge is -2.13. The SMILES string of the molecule is CC(=O)Nc1cccc(Nc2nc3c(c4ccc(C(=O)O)cc24)C(=O)C(=O)N3)c1. The van der Waals surface area contributed by atoms with E-state index in [1.165, 1.54) is 25.1 Å². The number of ketones is 1. The minimum absolute atomic E-state index is 0.0130. The van der Waals surface area contributed by atoms with Gasteiger partial charge >= 0.3 is 5.97 Å². The van der Waals surface area contributed by atoms with Gasteiger partial charge in [0.1, 0.15) is 11.6 Å². The number of carboxylic acids is 1. The molecule has 0 fully saturated rings. The van der Waals surface area contributed by atoms with Crippen LogP contribution in [-0.4, -0.2) is 33.7 Å². The molecule has 0 spiro atoms. The molecule has 0 bridgehead atoms. The van der Waals surface area contributed by atoms with E-state index in [9.17, 15) is 24.3 Å². The van der Waals surface area contributed by atoms with E-state index in [0.717, 1.165) is 0 Å². The number of rotatable bonds is 4. The molecule has 0 atom stereocenters. The number of carbonyl (C=O) groups is 4. The summed E-state index contributed by atoms with van der Waals surface area (Å²) < 4.78 is 0. The van der Waals surface area contributed by atoms with Gasteiger partial charge in [-0.15, -0.1) is 0 Å². The van der Waals surface area contributed by atoms with Crippen LogP contribution in [0, 0.1) is 0 Å². The van der Waals surface area contributed by atoms with E-state index < -0.39 is 17.7 Å². The molecule has 2 heterocycles. The first-order valence-electron chi connectivity index (χ1n) is 8.55. The zero-order chi connectivity index (χ0) is 20.7. The number of anilines is 4. The molecule has 9 nitrogen and oxygen atoms in total. The normalized spacial score (nSPS) is 12.4. The first-order valence-corrected chi connectivity index (χ1v) is 8.55. The van der Waals surface area contributed by atoms with E-state index in [2.05, 4.69) is 20.9 Å². The van der Waals surface area contributed by atoms with Crippen molar-refractivity contribution in [1.29, 1.82) is 0 Å². The number of aromatic nitrogens is 1. The summed E-state index contributed by atoms with van der Waals surface area (Å²) in [5, 5.41) is 18.3. The fourth-order valence-electron chi connectivity index (χ4n) is 3.15. The van der Waals surface area contributed by atoms with E-state index >= 15 is 0 Å². The van der Waals surface area contributed by atoms with Crippen LogP contribution in [0.4, 0.5) is 23.0 Å². The van der Waals surface area contributed by atoms with Crippen molar-refractivity contribution < 1.29 is 24.3 Å². The molecule has 0 unspecified atom stereocenters. The van der Waals surface area contributed by atoms with Crippen molar-refractivity contribution in [3.8, 4) is 0 Å². The van der Waals surface area contributed by atoms with Crippen LogP contribution in [0.1, 0.15) is 27.6 Å². The van der Waals surface area contributed by atoms with Crippen molar-refractivity contribution in [2.24, 2.45) is 0 Å². The van der Waals surface area contributed by atoms with Gasteiger partial charge in [-0.05, 0) is 30.3 Å². The summed E-state index contributed by atoms with van der Waals surface area (Å²) in [6, 6.07) is 11.1. The molecule has 0 radical (unpaired) electrons. The molecule has 4 rings (SSSR count). The lowest BCUT2D eigenvalue weighted by atomic mass is 10.0. The second-order valence-corrected chi connectivity index (χ2v) is 6.42. The van der Waals surface area contributed by atoms with Crippen LogP contribution in [0.15, 0.2) is 42.5 Å². The van der Waals surface area contributed by atoms with Crippen molar-refractivity contribution in [3.63, 3.8) is 0 Å². The van der Waals surface area contributed by atoms with E-state index in [-0.39, 0.29) is 28.7 Å². The summed E-state index contributed by atoms with van der Waals surface area (Å²) in [5.41, 5.74) is 1.25. The fraction of sp³-hybridized carbons (Fsp3) is 0.0500. The van der Waals surface area contributed by atoms with Crippen LogP contribution in [0.3, 0.4) is 0 Å². The predicted molar refractivity (Wildman–Crippen MR) is 106 cm³/mol. The lowest BCUT2D eigenvalue weighted by molar-refractivity contribution is -0.114.